The highest BCUT2D eigenvalue weighted by Gasteiger charge is 2.45. The highest BCUT2D eigenvalue weighted by Crippen LogP contribution is 2.27. The van der Waals surface area contributed by atoms with Crippen LogP contribution in [0.25, 0.3) is 0 Å². The lowest BCUT2D eigenvalue weighted by atomic mass is 9.87. The summed E-state index contributed by atoms with van der Waals surface area (Å²) in [6.45, 7) is 13.5. The molecule has 4 rings (SSSR count). The second-order valence-corrected chi connectivity index (χ2v) is 21.9. The summed E-state index contributed by atoms with van der Waals surface area (Å²) in [6, 6.07) is 39.8. The lowest BCUT2D eigenvalue weighted by molar-refractivity contribution is -0.597. The van der Waals surface area contributed by atoms with Gasteiger partial charge in [-0.25, -0.2) is 25.6 Å². The molecule has 0 aliphatic heterocycles. The average Bonchev–Trinajstić information content (AvgIpc) is 3.04. The summed E-state index contributed by atoms with van der Waals surface area (Å²) in [6.07, 6.45) is -11.2. The summed E-state index contributed by atoms with van der Waals surface area (Å²) in [4.78, 5) is 0. The third-order valence-corrected chi connectivity index (χ3v) is 13.3. The smallest absolute Gasteiger partial charge is 0.433 e. The van der Waals surface area contributed by atoms with Crippen molar-refractivity contribution in [2.24, 2.45) is 0 Å². The van der Waals surface area contributed by atoms with Crippen molar-refractivity contribution in [3.05, 3.63) is 135 Å². The largest absolute Gasteiger partial charge is 0.745 e. The van der Waals surface area contributed by atoms with Gasteiger partial charge in [0, 0.05) is 0 Å². The van der Waals surface area contributed by atoms with E-state index in [0.717, 1.165) is 0 Å². The third kappa shape index (κ3) is 19.5. The zero-order valence-corrected chi connectivity index (χ0v) is 35.5. The van der Waals surface area contributed by atoms with Crippen LogP contribution < -0.4 is 42.4 Å². The van der Waals surface area contributed by atoms with Crippen molar-refractivity contribution in [1.29, 1.82) is 0 Å². The van der Waals surface area contributed by atoms with Gasteiger partial charge >= 0.3 is 54.8 Å². The van der Waals surface area contributed by atoms with Gasteiger partial charge < -0.3 is 9.11 Å². The molecule has 300 valence electrons. The van der Waals surface area contributed by atoms with Gasteiger partial charge in [0.15, 0.2) is 14.3 Å². The van der Waals surface area contributed by atoms with E-state index in [1.165, 1.54) is 25.4 Å². The molecule has 0 aromatic heterocycles. The molecule has 0 saturated carbocycles. The first-order valence-corrected chi connectivity index (χ1v) is 22.6. The molecule has 0 aliphatic rings. The van der Waals surface area contributed by atoms with Gasteiger partial charge in [0.25, 0.3) is 11.0 Å². The number of hydrogen-bond acceptors (Lipinski definition) is 6. The zero-order valence-electron chi connectivity index (χ0n) is 29.6. The molecule has 0 radical (unpaired) electrons. The maximum Gasteiger partial charge on any atom is 0.433 e. The van der Waals surface area contributed by atoms with E-state index in [1.807, 2.05) is 0 Å². The Bertz CT molecular complexity index is 1770. The van der Waals surface area contributed by atoms with Crippen LogP contribution in [0.15, 0.2) is 109 Å². The van der Waals surface area contributed by atoms with Gasteiger partial charge in [-0.15, -0.1) is 0 Å². The van der Waals surface area contributed by atoms with Crippen LogP contribution in [0.2, 0.25) is 0 Å². The zero-order chi connectivity index (χ0) is 41.8. The summed E-state index contributed by atoms with van der Waals surface area (Å²) in [5.41, 5.74) is -5.30. The SMILES string of the molecule is CC(C)(C)c1ccc([I+]c2ccccc2)cc1.CC(C)(C)c1ccc([I+]c2ccccc2)cc1.O=S(=O)([O-])C(F)C(F)(F)F.O=S(=O)([O-])C(F)C(F)(F)F. The molecule has 0 bridgehead atoms. The van der Waals surface area contributed by atoms with Gasteiger partial charge in [0.05, 0.1) is 0 Å². The molecule has 0 spiro atoms. The highest BCUT2D eigenvalue weighted by molar-refractivity contribution is 7.86. The van der Waals surface area contributed by atoms with E-state index in [1.54, 1.807) is 0 Å². The second-order valence-electron chi connectivity index (χ2n) is 13.0. The minimum absolute atomic E-state index is 0.0208. The van der Waals surface area contributed by atoms with Crippen LogP contribution in [0.1, 0.15) is 52.7 Å². The van der Waals surface area contributed by atoms with Gasteiger partial charge in [-0.3, -0.25) is 0 Å². The molecule has 0 fully saturated rings. The molecule has 0 amide bonds. The number of benzene rings is 4. The van der Waals surface area contributed by atoms with Gasteiger partial charge in [-0.1, -0.05) is 102 Å². The van der Waals surface area contributed by atoms with Gasteiger partial charge in [0.2, 0.25) is 0 Å². The number of rotatable bonds is 6. The Morgan fingerprint density at radius 2 is 0.667 bits per heavy atom. The molecule has 2 unspecified atom stereocenters. The number of alkyl halides is 8. The second kappa shape index (κ2) is 20.7. The standard InChI is InChI=1S/2C16H18I.2C2H2F4O3S/c2*1-16(2,3)13-9-11-15(12-10-13)17-14-7-5-4-6-8-14;2*3-1(2(4,5)6)10(7,8)9/h2*4-12H,1-3H3;2*1H,(H,7,8,9)/q2*+1;;/p-2. The normalized spacial score (nSPS) is 13.5. The Morgan fingerprint density at radius 1 is 0.444 bits per heavy atom. The summed E-state index contributed by atoms with van der Waals surface area (Å²) < 4.78 is 151. The summed E-state index contributed by atoms with van der Waals surface area (Å²) in [5, 5.41) is 0. The minimum atomic E-state index is -5.90. The van der Waals surface area contributed by atoms with Crippen LogP contribution in [-0.4, -0.2) is 49.3 Å². The predicted octanol–water partition coefficient (Wildman–Crippen LogP) is 3.00. The molecule has 0 heterocycles. The molecule has 18 heteroatoms. The monoisotopic (exact) mass is 1040 g/mol. The van der Waals surface area contributed by atoms with Crippen molar-refractivity contribution >= 4 is 20.2 Å². The Morgan fingerprint density at radius 3 is 0.833 bits per heavy atom. The molecule has 4 aromatic rings. The first-order valence-electron chi connectivity index (χ1n) is 15.3. The molecule has 0 saturated heterocycles. The highest BCUT2D eigenvalue weighted by atomic mass is 127. The van der Waals surface area contributed by atoms with E-state index < -0.39 is 43.6 Å². The van der Waals surface area contributed by atoms with Crippen LogP contribution in [-0.2, 0) is 31.1 Å². The molecular weight excluding hydrogens is 998 g/mol. The van der Waals surface area contributed by atoms with E-state index >= 15 is 0 Å². The average molecular weight is 1040 g/mol. The summed E-state index contributed by atoms with van der Waals surface area (Å²) >= 11 is -0.0416. The number of hydrogen-bond donors (Lipinski definition) is 0. The molecular formula is C36H38F8I2O6S2. The first kappa shape index (κ1) is 49.6. The molecule has 6 nitrogen and oxygen atoms in total. The first-order chi connectivity index (χ1) is 24.4. The Kier molecular flexibility index (Phi) is 19.0. The molecule has 2 atom stereocenters. The van der Waals surface area contributed by atoms with Gasteiger partial charge in [-0.05, 0) is 70.5 Å². The van der Waals surface area contributed by atoms with Crippen LogP contribution in [0.3, 0.4) is 0 Å². The Labute approximate surface area is 331 Å². The van der Waals surface area contributed by atoms with Gasteiger partial charge in [0.1, 0.15) is 20.2 Å². The Balaban J connectivity index is 0.000000373. The fraction of sp³-hybridized carbons (Fsp3) is 0.333. The third-order valence-electron chi connectivity index (χ3n) is 6.34. The minimum Gasteiger partial charge on any atom is -0.745 e. The number of halogens is 10. The molecule has 54 heavy (non-hydrogen) atoms. The topological polar surface area (TPSA) is 114 Å². The van der Waals surface area contributed by atoms with Crippen molar-refractivity contribution in [2.45, 2.75) is 75.7 Å². The quantitative estimate of drug-likeness (QED) is 0.167. The maximum atomic E-state index is 11.4. The van der Waals surface area contributed by atoms with Crippen molar-refractivity contribution < 1.29 is 103 Å². The van der Waals surface area contributed by atoms with Crippen molar-refractivity contribution in [3.63, 3.8) is 0 Å². The van der Waals surface area contributed by atoms with Crippen LogP contribution in [0, 0.1) is 14.3 Å². The lowest BCUT2D eigenvalue weighted by Gasteiger charge is -2.18. The van der Waals surface area contributed by atoms with Crippen molar-refractivity contribution in [3.8, 4) is 0 Å². The predicted molar refractivity (Wildman–Crippen MR) is 179 cm³/mol. The van der Waals surface area contributed by atoms with E-state index in [2.05, 4.69) is 151 Å². The lowest BCUT2D eigenvalue weighted by Crippen LogP contribution is -3.61. The molecule has 0 N–H and O–H groups in total. The van der Waals surface area contributed by atoms with Crippen LogP contribution in [0.5, 0.6) is 0 Å². The fourth-order valence-electron chi connectivity index (χ4n) is 3.56. The van der Waals surface area contributed by atoms with Gasteiger partial charge in [-0.2, -0.15) is 26.3 Å². The van der Waals surface area contributed by atoms with Crippen LogP contribution >= 0.6 is 0 Å². The van der Waals surface area contributed by atoms with Crippen molar-refractivity contribution in [1.82, 2.24) is 0 Å². The maximum absolute atomic E-state index is 11.4. The summed E-state index contributed by atoms with van der Waals surface area (Å²) in [5.74, 6) is 0. The van der Waals surface area contributed by atoms with E-state index in [0.29, 0.717) is 0 Å². The van der Waals surface area contributed by atoms with E-state index in [4.69, 9.17) is 0 Å². The van der Waals surface area contributed by atoms with Crippen molar-refractivity contribution in [2.75, 3.05) is 0 Å². The van der Waals surface area contributed by atoms with E-state index in [-0.39, 0.29) is 53.2 Å². The molecule has 4 aromatic carbocycles. The fourth-order valence-corrected chi connectivity index (χ4v) is 8.64. The van der Waals surface area contributed by atoms with Crippen LogP contribution in [0.4, 0.5) is 35.1 Å². The molecule has 0 aliphatic carbocycles. The summed E-state index contributed by atoms with van der Waals surface area (Å²) in [7, 11) is -11.8. The van der Waals surface area contributed by atoms with E-state index in [9.17, 15) is 61.1 Å². The Hall–Kier alpha value is -2.40.